The average molecular weight is 807 g/mol. The van der Waals surface area contributed by atoms with Gasteiger partial charge in [-0.15, -0.1) is 0 Å². The van der Waals surface area contributed by atoms with Crippen molar-refractivity contribution >= 4 is 53.2 Å². The van der Waals surface area contributed by atoms with Crippen LogP contribution in [-0.4, -0.2) is 102 Å². The molecule has 0 radical (unpaired) electrons. The van der Waals surface area contributed by atoms with Gasteiger partial charge >= 0.3 is 5.97 Å². The zero-order valence-electron chi connectivity index (χ0n) is 33.2. The van der Waals surface area contributed by atoms with Crippen molar-refractivity contribution in [3.63, 3.8) is 0 Å². The van der Waals surface area contributed by atoms with Gasteiger partial charge in [0.15, 0.2) is 0 Å². The molecular weight excluding hydrogens is 752 g/mol. The molecule has 0 aliphatic carbocycles. The number of primary amides is 1. The number of hydrogen-bond donors (Lipinski definition) is 9. The second-order valence-electron chi connectivity index (χ2n) is 14.0. The van der Waals surface area contributed by atoms with Gasteiger partial charge in [-0.2, -0.15) is 0 Å². The first-order valence-corrected chi connectivity index (χ1v) is 18.7. The largest absolute Gasteiger partial charge is 0.480 e. The number of carboxylic acids is 1. The van der Waals surface area contributed by atoms with Crippen LogP contribution < -0.4 is 43.0 Å². The van der Waals surface area contributed by atoms with E-state index >= 15 is 0 Å². The third-order valence-electron chi connectivity index (χ3n) is 8.90. The highest BCUT2D eigenvalue weighted by molar-refractivity contribution is 6.00. The third-order valence-corrected chi connectivity index (χ3v) is 8.90. The van der Waals surface area contributed by atoms with Crippen molar-refractivity contribution < 1.29 is 48.3 Å². The number of carboxylic acid groups (broad SMARTS) is 1. The zero-order valence-corrected chi connectivity index (χ0v) is 33.2. The van der Waals surface area contributed by atoms with E-state index in [1.165, 1.54) is 6.92 Å². The first kappa shape index (κ1) is 47.6. The first-order valence-electron chi connectivity index (χ1n) is 18.7. The molecule has 0 unspecified atom stereocenters. The lowest BCUT2D eigenvalue weighted by atomic mass is 9.96. The highest BCUT2D eigenvalue weighted by atomic mass is 16.4. The van der Waals surface area contributed by atoms with Gasteiger partial charge in [0.25, 0.3) is 0 Å². The van der Waals surface area contributed by atoms with Gasteiger partial charge in [0.2, 0.25) is 47.3 Å². The van der Waals surface area contributed by atoms with E-state index in [9.17, 15) is 48.3 Å². The summed E-state index contributed by atoms with van der Waals surface area (Å²) in [4.78, 5) is 113. The van der Waals surface area contributed by atoms with E-state index in [1.54, 1.807) is 88.4 Å². The molecule has 0 saturated heterocycles. The molecule has 10 N–H and O–H groups in total. The predicted molar refractivity (Wildman–Crippen MR) is 212 cm³/mol. The maximum atomic E-state index is 13.7. The van der Waals surface area contributed by atoms with Crippen LogP contribution in [-0.2, 0) is 56.0 Å². The fourth-order valence-corrected chi connectivity index (χ4v) is 5.36. The first-order chi connectivity index (χ1) is 27.4. The topological polar surface area (TPSA) is 284 Å². The molecule has 18 nitrogen and oxygen atoms in total. The summed E-state index contributed by atoms with van der Waals surface area (Å²) in [6, 6.07) is 11.7. The standard InChI is InChI=1S/C40H54N8O10/c1-6-24(4)35(39(56)44-25(5)37(54)47-34(23(2)3)36(41)53)48-38(55)28(19-26-13-9-7-10-14-26)45-31(50)18-17-30(49)42-21-32(51)43-22-33(52)46-29(40(57)58)20-27-15-11-8-12-16-27/h7-18,23-25,28-29,34-35H,6,19-22H2,1-5H3,(H2,41,53)(H,42,49)(H,43,51)(H,44,56)(H,45,50)(H,46,52)(H,47,54)(H,48,55)(H,57,58)/b18-17+/t24-,25-,28-,29-,34-,35-/m0/s1. The molecule has 0 spiro atoms. The molecule has 0 aliphatic rings. The number of nitrogens with two attached hydrogens (primary N) is 1. The molecule has 8 amide bonds. The molecule has 0 heterocycles. The van der Waals surface area contributed by atoms with E-state index in [0.717, 1.165) is 12.2 Å². The molecule has 0 fully saturated rings. The second-order valence-corrected chi connectivity index (χ2v) is 14.0. The minimum absolute atomic E-state index is 0.00300. The molecule has 2 aromatic carbocycles. The smallest absolute Gasteiger partial charge is 0.326 e. The third kappa shape index (κ3) is 17.1. The van der Waals surface area contributed by atoms with Crippen molar-refractivity contribution in [2.24, 2.45) is 17.6 Å². The lowest BCUT2D eigenvalue weighted by Gasteiger charge is -2.28. The van der Waals surface area contributed by atoms with Gasteiger partial charge in [-0.25, -0.2) is 4.79 Å². The Kier molecular flexibility index (Phi) is 19.8. The van der Waals surface area contributed by atoms with Crippen LogP contribution in [0.2, 0.25) is 0 Å². The Labute approximate surface area is 336 Å². The second kappa shape index (κ2) is 24.1. The molecule has 0 bridgehead atoms. The number of aliphatic carboxylic acids is 1. The summed E-state index contributed by atoms with van der Waals surface area (Å²) < 4.78 is 0. The highest BCUT2D eigenvalue weighted by Gasteiger charge is 2.32. The van der Waals surface area contributed by atoms with Crippen molar-refractivity contribution in [2.45, 2.75) is 84.1 Å². The predicted octanol–water partition coefficient (Wildman–Crippen LogP) is -1.02. The summed E-state index contributed by atoms with van der Waals surface area (Å²) in [5, 5.41) is 26.6. The van der Waals surface area contributed by atoms with Crippen molar-refractivity contribution in [3.05, 3.63) is 83.9 Å². The van der Waals surface area contributed by atoms with Crippen LogP contribution in [0.1, 0.15) is 52.2 Å². The van der Waals surface area contributed by atoms with Gasteiger partial charge in [0.1, 0.15) is 30.2 Å². The van der Waals surface area contributed by atoms with E-state index < -0.39 is 102 Å². The van der Waals surface area contributed by atoms with Crippen LogP contribution in [0.4, 0.5) is 0 Å². The number of amides is 8. The Balaban J connectivity index is 2.01. The van der Waals surface area contributed by atoms with Gasteiger partial charge in [-0.05, 0) is 29.9 Å². The number of carbonyl (C=O) groups excluding carboxylic acids is 8. The normalized spacial score (nSPS) is 14.0. The van der Waals surface area contributed by atoms with Crippen LogP contribution >= 0.6 is 0 Å². The molecule has 0 saturated carbocycles. The average Bonchev–Trinajstić information content (AvgIpc) is 3.18. The SMILES string of the molecule is CC[C@H](C)[C@H](NC(=O)[C@H](Cc1ccccc1)NC(=O)/C=C/C(=O)NCC(=O)NCC(=O)N[C@@H](Cc1ccccc1)C(=O)O)C(=O)N[C@@H](C)C(=O)N[C@H](C(N)=O)C(C)C. The molecular formula is C40H54N8O10. The van der Waals surface area contributed by atoms with Crippen LogP contribution in [0, 0.1) is 11.8 Å². The van der Waals surface area contributed by atoms with E-state index in [2.05, 4.69) is 37.2 Å². The highest BCUT2D eigenvalue weighted by Crippen LogP contribution is 2.11. The molecule has 58 heavy (non-hydrogen) atoms. The van der Waals surface area contributed by atoms with Gasteiger partial charge < -0.3 is 48.1 Å². The Morgan fingerprint density at radius 1 is 0.603 bits per heavy atom. The maximum Gasteiger partial charge on any atom is 0.326 e. The molecule has 2 aromatic rings. The Morgan fingerprint density at radius 3 is 1.64 bits per heavy atom. The van der Waals surface area contributed by atoms with Crippen molar-refractivity contribution in [1.82, 2.24) is 37.2 Å². The summed E-state index contributed by atoms with van der Waals surface area (Å²) in [6.07, 6.45) is 2.16. The number of benzene rings is 2. The lowest BCUT2D eigenvalue weighted by Crippen LogP contribution is -2.59. The van der Waals surface area contributed by atoms with Crippen molar-refractivity contribution in [2.75, 3.05) is 13.1 Å². The Bertz CT molecular complexity index is 1790. The molecule has 2 rings (SSSR count). The van der Waals surface area contributed by atoms with Crippen LogP contribution in [0.5, 0.6) is 0 Å². The number of carbonyl (C=O) groups is 9. The fraction of sp³-hybridized carbons (Fsp3) is 0.425. The molecule has 18 heteroatoms. The maximum absolute atomic E-state index is 13.7. The number of hydrogen-bond acceptors (Lipinski definition) is 9. The van der Waals surface area contributed by atoms with Gasteiger partial charge in [0, 0.05) is 25.0 Å². The molecule has 314 valence electrons. The quantitative estimate of drug-likeness (QED) is 0.0616. The summed E-state index contributed by atoms with van der Waals surface area (Å²) in [5.74, 6) is -7.99. The summed E-state index contributed by atoms with van der Waals surface area (Å²) in [6.45, 7) is 7.21. The summed E-state index contributed by atoms with van der Waals surface area (Å²) in [7, 11) is 0. The monoisotopic (exact) mass is 806 g/mol. The van der Waals surface area contributed by atoms with E-state index in [4.69, 9.17) is 5.73 Å². The van der Waals surface area contributed by atoms with E-state index in [-0.39, 0.29) is 18.8 Å². The Hall–Kier alpha value is -6.59. The zero-order chi connectivity index (χ0) is 43.4. The van der Waals surface area contributed by atoms with E-state index in [1.807, 2.05) is 0 Å². The van der Waals surface area contributed by atoms with Crippen molar-refractivity contribution in [1.29, 1.82) is 0 Å². The minimum atomic E-state index is -1.26. The Morgan fingerprint density at radius 2 is 1.12 bits per heavy atom. The number of nitrogens with one attached hydrogen (secondary N) is 7. The molecule has 0 aromatic heterocycles. The van der Waals surface area contributed by atoms with Crippen LogP contribution in [0.25, 0.3) is 0 Å². The van der Waals surface area contributed by atoms with Gasteiger partial charge in [0.05, 0.1) is 13.1 Å². The van der Waals surface area contributed by atoms with Gasteiger partial charge in [-0.1, -0.05) is 94.8 Å². The van der Waals surface area contributed by atoms with Crippen molar-refractivity contribution in [3.8, 4) is 0 Å². The summed E-state index contributed by atoms with van der Waals surface area (Å²) in [5.41, 5.74) is 6.75. The summed E-state index contributed by atoms with van der Waals surface area (Å²) >= 11 is 0. The minimum Gasteiger partial charge on any atom is -0.480 e. The van der Waals surface area contributed by atoms with Crippen LogP contribution in [0.3, 0.4) is 0 Å². The number of rotatable bonds is 23. The molecule has 6 atom stereocenters. The lowest BCUT2D eigenvalue weighted by molar-refractivity contribution is -0.141. The van der Waals surface area contributed by atoms with Gasteiger partial charge in [-0.3, -0.25) is 38.4 Å². The van der Waals surface area contributed by atoms with E-state index in [0.29, 0.717) is 17.5 Å². The molecule has 0 aliphatic heterocycles. The fourth-order valence-electron chi connectivity index (χ4n) is 5.36. The van der Waals surface area contributed by atoms with Crippen LogP contribution in [0.15, 0.2) is 72.8 Å².